The first-order chi connectivity index (χ1) is 11.3. The molecule has 3 aromatic rings. The van der Waals surface area contributed by atoms with Crippen molar-refractivity contribution in [2.24, 2.45) is 0 Å². The normalized spacial score (nSPS) is 18.6. The van der Waals surface area contributed by atoms with Gasteiger partial charge in [-0.2, -0.15) is 5.10 Å². The summed E-state index contributed by atoms with van der Waals surface area (Å²) in [5, 5.41) is 7.34. The summed E-state index contributed by atoms with van der Waals surface area (Å²) < 4.78 is 0. The molecule has 0 radical (unpaired) electrons. The van der Waals surface area contributed by atoms with Gasteiger partial charge >= 0.3 is 0 Å². The van der Waals surface area contributed by atoms with E-state index >= 15 is 0 Å². The third kappa shape index (κ3) is 3.07. The zero-order chi connectivity index (χ0) is 15.6. The molecular weight excluding hydrogens is 304 g/mol. The number of aromatic amines is 1. The molecule has 4 nitrogen and oxygen atoms in total. The molecule has 0 aliphatic carbocycles. The van der Waals surface area contributed by atoms with Gasteiger partial charge in [0.2, 0.25) is 0 Å². The van der Waals surface area contributed by atoms with Gasteiger partial charge in [-0.25, -0.2) is 4.98 Å². The Hall–Kier alpha value is -1.98. The quantitative estimate of drug-likeness (QED) is 0.783. The summed E-state index contributed by atoms with van der Waals surface area (Å²) in [5.41, 5.74) is 1.30. The molecule has 2 aromatic heterocycles. The molecular formula is C18H20N4S. The number of likely N-dealkylation sites (tertiary alicyclic amines) is 1. The summed E-state index contributed by atoms with van der Waals surface area (Å²) in [6.45, 7) is 4.06. The van der Waals surface area contributed by atoms with Crippen LogP contribution in [0.5, 0.6) is 0 Å². The van der Waals surface area contributed by atoms with Gasteiger partial charge in [-0.1, -0.05) is 30.3 Å². The lowest BCUT2D eigenvalue weighted by atomic mass is 10.2. The van der Waals surface area contributed by atoms with Gasteiger partial charge in [0.25, 0.3) is 0 Å². The van der Waals surface area contributed by atoms with Crippen LogP contribution in [-0.4, -0.2) is 26.6 Å². The summed E-state index contributed by atoms with van der Waals surface area (Å²) in [4.78, 5) is 9.78. The third-order valence-electron chi connectivity index (χ3n) is 4.36. The molecule has 1 atom stereocenters. The fourth-order valence-corrected chi connectivity index (χ4v) is 4.28. The molecule has 1 aliphatic rings. The molecule has 1 saturated heterocycles. The van der Waals surface area contributed by atoms with Crippen LogP contribution in [0.4, 0.5) is 0 Å². The smallest absolute Gasteiger partial charge is 0.167 e. The maximum absolute atomic E-state index is 4.53. The Bertz CT molecular complexity index is 777. The number of nitrogens with zero attached hydrogens (tertiary/aromatic N) is 3. The zero-order valence-corrected chi connectivity index (χ0v) is 14.0. The summed E-state index contributed by atoms with van der Waals surface area (Å²) in [6.07, 6.45) is 2.36. The van der Waals surface area contributed by atoms with Gasteiger partial charge in [0.1, 0.15) is 5.82 Å². The van der Waals surface area contributed by atoms with Gasteiger partial charge in [-0.3, -0.25) is 10.00 Å². The maximum Gasteiger partial charge on any atom is 0.167 e. The van der Waals surface area contributed by atoms with Crippen molar-refractivity contribution >= 4 is 11.3 Å². The number of H-pyrrole nitrogens is 1. The summed E-state index contributed by atoms with van der Waals surface area (Å²) in [7, 11) is 0. The van der Waals surface area contributed by atoms with E-state index in [1.54, 1.807) is 0 Å². The van der Waals surface area contributed by atoms with Gasteiger partial charge in [0, 0.05) is 16.3 Å². The maximum atomic E-state index is 4.53. The van der Waals surface area contributed by atoms with E-state index in [1.165, 1.54) is 21.7 Å². The highest BCUT2D eigenvalue weighted by atomic mass is 32.1. The molecule has 0 spiro atoms. The fraction of sp³-hybridized carbons (Fsp3) is 0.333. The Balaban J connectivity index is 1.50. The van der Waals surface area contributed by atoms with Crippen molar-refractivity contribution in [3.8, 4) is 10.4 Å². The van der Waals surface area contributed by atoms with E-state index in [4.69, 9.17) is 0 Å². The Kier molecular flexibility index (Phi) is 3.97. The van der Waals surface area contributed by atoms with E-state index in [0.717, 1.165) is 31.2 Å². The average molecular weight is 324 g/mol. The van der Waals surface area contributed by atoms with E-state index in [-0.39, 0.29) is 0 Å². The highest BCUT2D eigenvalue weighted by Gasteiger charge is 2.29. The van der Waals surface area contributed by atoms with Crippen molar-refractivity contribution in [2.45, 2.75) is 32.4 Å². The van der Waals surface area contributed by atoms with Crippen LogP contribution in [0.15, 0.2) is 42.5 Å². The summed E-state index contributed by atoms with van der Waals surface area (Å²) >= 11 is 1.88. The van der Waals surface area contributed by atoms with Crippen LogP contribution in [0, 0.1) is 6.92 Å². The number of hydrogen-bond donors (Lipinski definition) is 1. The van der Waals surface area contributed by atoms with Crippen LogP contribution in [0.25, 0.3) is 10.4 Å². The molecule has 1 N–H and O–H groups in total. The van der Waals surface area contributed by atoms with E-state index in [0.29, 0.717) is 6.04 Å². The van der Waals surface area contributed by atoms with E-state index in [1.807, 2.05) is 18.3 Å². The predicted molar refractivity (Wildman–Crippen MR) is 93.3 cm³/mol. The van der Waals surface area contributed by atoms with Crippen molar-refractivity contribution in [3.63, 3.8) is 0 Å². The number of benzene rings is 1. The Morgan fingerprint density at radius 3 is 2.87 bits per heavy atom. The van der Waals surface area contributed by atoms with E-state index in [9.17, 15) is 0 Å². The third-order valence-corrected chi connectivity index (χ3v) is 5.47. The number of thiophene rings is 1. The fourth-order valence-electron chi connectivity index (χ4n) is 3.24. The van der Waals surface area contributed by atoms with Crippen LogP contribution in [-0.2, 0) is 6.54 Å². The molecule has 4 rings (SSSR count). The van der Waals surface area contributed by atoms with Crippen molar-refractivity contribution in [3.05, 3.63) is 59.0 Å². The van der Waals surface area contributed by atoms with Crippen LogP contribution < -0.4 is 0 Å². The van der Waals surface area contributed by atoms with Crippen molar-refractivity contribution in [1.82, 2.24) is 20.1 Å². The topological polar surface area (TPSA) is 44.8 Å². The first-order valence-corrected chi connectivity index (χ1v) is 8.88. The molecule has 1 fully saturated rings. The second-order valence-corrected chi connectivity index (χ2v) is 7.21. The van der Waals surface area contributed by atoms with Crippen LogP contribution >= 0.6 is 11.3 Å². The Labute approximate surface area is 140 Å². The largest absolute Gasteiger partial charge is 0.288 e. The lowest BCUT2D eigenvalue weighted by Gasteiger charge is -2.21. The molecule has 0 bridgehead atoms. The molecule has 1 aromatic carbocycles. The van der Waals surface area contributed by atoms with E-state index in [2.05, 4.69) is 62.5 Å². The molecule has 23 heavy (non-hydrogen) atoms. The molecule has 5 heteroatoms. The zero-order valence-electron chi connectivity index (χ0n) is 13.2. The molecule has 0 saturated carbocycles. The number of hydrogen-bond acceptors (Lipinski definition) is 4. The molecule has 118 valence electrons. The van der Waals surface area contributed by atoms with Crippen LogP contribution in [0.3, 0.4) is 0 Å². The first-order valence-electron chi connectivity index (χ1n) is 8.07. The number of nitrogens with one attached hydrogen (secondary N) is 1. The SMILES string of the molecule is Cc1nc([C@@H]2CCCN2Cc2ccc(-c3ccccc3)s2)n[nH]1. The highest BCUT2D eigenvalue weighted by molar-refractivity contribution is 7.15. The van der Waals surface area contributed by atoms with E-state index < -0.39 is 0 Å². The van der Waals surface area contributed by atoms with Gasteiger partial charge in [0.15, 0.2) is 5.82 Å². The summed E-state index contributed by atoms with van der Waals surface area (Å²) in [6, 6.07) is 15.4. The average Bonchev–Trinajstić information content (AvgIpc) is 3.29. The van der Waals surface area contributed by atoms with Gasteiger partial charge in [0.05, 0.1) is 6.04 Å². The van der Waals surface area contributed by atoms with Crippen molar-refractivity contribution in [2.75, 3.05) is 6.54 Å². The monoisotopic (exact) mass is 324 g/mol. The second kappa shape index (κ2) is 6.26. The predicted octanol–water partition coefficient (Wildman–Crippen LogP) is 4.18. The van der Waals surface area contributed by atoms with Crippen molar-refractivity contribution < 1.29 is 0 Å². The minimum absolute atomic E-state index is 0.349. The van der Waals surface area contributed by atoms with Gasteiger partial charge in [-0.15, -0.1) is 11.3 Å². The highest BCUT2D eigenvalue weighted by Crippen LogP contribution is 2.34. The Morgan fingerprint density at radius 1 is 1.22 bits per heavy atom. The standard InChI is InChI=1S/C18H20N4S/c1-13-19-18(21-20-13)16-8-5-11-22(16)12-15-9-10-17(23-15)14-6-3-2-4-7-14/h2-4,6-7,9-10,16H,5,8,11-12H2,1H3,(H,19,20,21)/t16-/m0/s1. The molecule has 3 heterocycles. The minimum atomic E-state index is 0.349. The van der Waals surface area contributed by atoms with Gasteiger partial charge < -0.3 is 0 Å². The number of aromatic nitrogens is 3. The van der Waals surface area contributed by atoms with Crippen molar-refractivity contribution in [1.29, 1.82) is 0 Å². The Morgan fingerprint density at radius 2 is 2.09 bits per heavy atom. The molecule has 0 unspecified atom stereocenters. The lowest BCUT2D eigenvalue weighted by Crippen LogP contribution is -2.23. The van der Waals surface area contributed by atoms with Gasteiger partial charge in [-0.05, 0) is 44.0 Å². The van der Waals surface area contributed by atoms with Crippen LogP contribution in [0.1, 0.15) is 35.4 Å². The lowest BCUT2D eigenvalue weighted by molar-refractivity contribution is 0.242. The second-order valence-electron chi connectivity index (χ2n) is 6.04. The number of aryl methyl sites for hydroxylation is 1. The summed E-state index contributed by atoms with van der Waals surface area (Å²) in [5.74, 6) is 1.84. The minimum Gasteiger partial charge on any atom is -0.288 e. The van der Waals surface area contributed by atoms with Crippen LogP contribution in [0.2, 0.25) is 0 Å². The molecule has 0 amide bonds. The molecule has 1 aliphatic heterocycles. The number of rotatable bonds is 4. The first kappa shape index (κ1) is 14.6.